The summed E-state index contributed by atoms with van der Waals surface area (Å²) in [6, 6.07) is 6.20. The normalized spacial score (nSPS) is 12.4. The SMILES string of the molecule is Cc1nccc(CN[C@H](C)c2cccnc2)n1. The molecule has 0 aliphatic carbocycles. The van der Waals surface area contributed by atoms with E-state index in [1.807, 2.05) is 25.3 Å². The Kier molecular flexibility index (Phi) is 3.77. The minimum Gasteiger partial charge on any atom is -0.305 e. The number of nitrogens with one attached hydrogen (secondary N) is 1. The molecule has 2 heterocycles. The highest BCUT2D eigenvalue weighted by Gasteiger charge is 2.04. The van der Waals surface area contributed by atoms with Crippen molar-refractivity contribution in [2.75, 3.05) is 0 Å². The lowest BCUT2D eigenvalue weighted by molar-refractivity contribution is 0.564. The fourth-order valence-corrected chi connectivity index (χ4v) is 1.61. The lowest BCUT2D eigenvalue weighted by Gasteiger charge is -2.13. The number of hydrogen-bond acceptors (Lipinski definition) is 4. The zero-order valence-electron chi connectivity index (χ0n) is 10.1. The summed E-state index contributed by atoms with van der Waals surface area (Å²) in [5, 5.41) is 3.41. The molecule has 0 spiro atoms. The van der Waals surface area contributed by atoms with Crippen LogP contribution >= 0.6 is 0 Å². The molecular weight excluding hydrogens is 212 g/mol. The molecule has 0 aliphatic heterocycles. The van der Waals surface area contributed by atoms with Gasteiger partial charge in [-0.25, -0.2) is 9.97 Å². The first kappa shape index (κ1) is 11.7. The van der Waals surface area contributed by atoms with Crippen molar-refractivity contribution in [2.45, 2.75) is 26.4 Å². The summed E-state index contributed by atoms with van der Waals surface area (Å²) in [6.45, 7) is 4.75. The van der Waals surface area contributed by atoms with Gasteiger partial charge in [0.05, 0.1) is 5.69 Å². The summed E-state index contributed by atoms with van der Waals surface area (Å²) in [4.78, 5) is 12.5. The van der Waals surface area contributed by atoms with Gasteiger partial charge in [0.25, 0.3) is 0 Å². The summed E-state index contributed by atoms with van der Waals surface area (Å²) in [5.74, 6) is 0.804. The number of aromatic nitrogens is 3. The predicted molar refractivity (Wildman–Crippen MR) is 66.3 cm³/mol. The van der Waals surface area contributed by atoms with Crippen LogP contribution in [0, 0.1) is 6.92 Å². The highest BCUT2D eigenvalue weighted by atomic mass is 14.9. The molecule has 4 heteroatoms. The Labute approximate surface area is 101 Å². The monoisotopic (exact) mass is 228 g/mol. The maximum atomic E-state index is 4.35. The average molecular weight is 228 g/mol. The lowest BCUT2D eigenvalue weighted by Crippen LogP contribution is -2.19. The number of nitrogens with zero attached hydrogens (tertiary/aromatic N) is 3. The van der Waals surface area contributed by atoms with E-state index in [4.69, 9.17) is 0 Å². The Balaban J connectivity index is 1.95. The van der Waals surface area contributed by atoms with Crippen molar-refractivity contribution >= 4 is 0 Å². The molecular formula is C13H16N4. The first-order valence-electron chi connectivity index (χ1n) is 5.67. The van der Waals surface area contributed by atoms with Gasteiger partial charge >= 0.3 is 0 Å². The minimum atomic E-state index is 0.263. The van der Waals surface area contributed by atoms with Gasteiger partial charge in [-0.1, -0.05) is 6.07 Å². The highest BCUT2D eigenvalue weighted by Crippen LogP contribution is 2.10. The predicted octanol–water partition coefficient (Wildman–Crippen LogP) is 2.03. The number of aryl methyl sites for hydroxylation is 1. The molecule has 0 bridgehead atoms. The molecule has 0 saturated heterocycles. The highest BCUT2D eigenvalue weighted by molar-refractivity contribution is 5.13. The molecule has 0 saturated carbocycles. The van der Waals surface area contributed by atoms with E-state index in [1.54, 1.807) is 12.4 Å². The summed E-state index contributed by atoms with van der Waals surface area (Å²) in [5.41, 5.74) is 2.19. The lowest BCUT2D eigenvalue weighted by atomic mass is 10.1. The van der Waals surface area contributed by atoms with Gasteiger partial charge in [0.1, 0.15) is 5.82 Å². The van der Waals surface area contributed by atoms with Crippen molar-refractivity contribution in [3.05, 3.63) is 53.9 Å². The standard InChI is InChI=1S/C13H16N4/c1-10(12-4-3-6-14-8-12)16-9-13-5-7-15-11(2)17-13/h3-8,10,16H,9H2,1-2H3/t10-/m1/s1. The fraction of sp³-hybridized carbons (Fsp3) is 0.308. The molecule has 0 fully saturated rings. The summed E-state index contributed by atoms with van der Waals surface area (Å²) in [6.07, 6.45) is 5.45. The molecule has 0 aliphatic rings. The molecule has 0 aromatic carbocycles. The Morgan fingerprint density at radius 3 is 2.88 bits per heavy atom. The first-order chi connectivity index (χ1) is 8.25. The van der Waals surface area contributed by atoms with Crippen LogP contribution in [0.15, 0.2) is 36.8 Å². The summed E-state index contributed by atoms with van der Waals surface area (Å²) >= 11 is 0. The van der Waals surface area contributed by atoms with Gasteiger partial charge < -0.3 is 5.32 Å². The van der Waals surface area contributed by atoms with Crippen LogP contribution in [0.25, 0.3) is 0 Å². The molecule has 2 aromatic heterocycles. The molecule has 0 amide bonds. The van der Waals surface area contributed by atoms with E-state index in [0.717, 1.165) is 18.1 Å². The van der Waals surface area contributed by atoms with Crippen LogP contribution in [-0.4, -0.2) is 15.0 Å². The van der Waals surface area contributed by atoms with Gasteiger partial charge in [0.15, 0.2) is 0 Å². The maximum absolute atomic E-state index is 4.35. The smallest absolute Gasteiger partial charge is 0.125 e. The molecule has 88 valence electrons. The Morgan fingerprint density at radius 1 is 1.29 bits per heavy atom. The van der Waals surface area contributed by atoms with Crippen molar-refractivity contribution in [3.8, 4) is 0 Å². The minimum absolute atomic E-state index is 0.263. The zero-order chi connectivity index (χ0) is 12.1. The number of hydrogen-bond donors (Lipinski definition) is 1. The molecule has 1 N–H and O–H groups in total. The Hall–Kier alpha value is -1.81. The van der Waals surface area contributed by atoms with Gasteiger partial charge in [0.2, 0.25) is 0 Å². The van der Waals surface area contributed by atoms with Crippen molar-refractivity contribution in [1.82, 2.24) is 20.3 Å². The molecule has 1 atom stereocenters. The fourth-order valence-electron chi connectivity index (χ4n) is 1.61. The summed E-state index contributed by atoms with van der Waals surface area (Å²) < 4.78 is 0. The Morgan fingerprint density at radius 2 is 2.18 bits per heavy atom. The largest absolute Gasteiger partial charge is 0.305 e. The van der Waals surface area contributed by atoms with Gasteiger partial charge in [-0.05, 0) is 31.5 Å². The van der Waals surface area contributed by atoms with Crippen LogP contribution in [0.3, 0.4) is 0 Å². The van der Waals surface area contributed by atoms with Crippen molar-refractivity contribution in [2.24, 2.45) is 0 Å². The van der Waals surface area contributed by atoms with E-state index in [2.05, 4.69) is 33.3 Å². The second kappa shape index (κ2) is 5.50. The summed E-state index contributed by atoms with van der Waals surface area (Å²) in [7, 11) is 0. The molecule has 17 heavy (non-hydrogen) atoms. The van der Waals surface area contributed by atoms with Crippen molar-refractivity contribution in [3.63, 3.8) is 0 Å². The third-order valence-electron chi connectivity index (χ3n) is 2.61. The van der Waals surface area contributed by atoms with E-state index < -0.39 is 0 Å². The number of rotatable bonds is 4. The first-order valence-corrected chi connectivity index (χ1v) is 5.67. The second-order valence-corrected chi connectivity index (χ2v) is 3.98. The van der Waals surface area contributed by atoms with Gasteiger partial charge in [0, 0.05) is 31.2 Å². The second-order valence-electron chi connectivity index (χ2n) is 3.98. The van der Waals surface area contributed by atoms with E-state index in [-0.39, 0.29) is 6.04 Å². The van der Waals surface area contributed by atoms with E-state index >= 15 is 0 Å². The van der Waals surface area contributed by atoms with Gasteiger partial charge in [-0.3, -0.25) is 4.98 Å². The molecule has 0 unspecified atom stereocenters. The van der Waals surface area contributed by atoms with Crippen LogP contribution in [0.5, 0.6) is 0 Å². The van der Waals surface area contributed by atoms with Gasteiger partial charge in [-0.15, -0.1) is 0 Å². The molecule has 2 aromatic rings. The van der Waals surface area contributed by atoms with Crippen molar-refractivity contribution in [1.29, 1.82) is 0 Å². The van der Waals surface area contributed by atoms with Crippen LogP contribution in [0.2, 0.25) is 0 Å². The quantitative estimate of drug-likeness (QED) is 0.870. The van der Waals surface area contributed by atoms with E-state index in [1.165, 1.54) is 5.56 Å². The van der Waals surface area contributed by atoms with Gasteiger partial charge in [-0.2, -0.15) is 0 Å². The molecule has 2 rings (SSSR count). The van der Waals surface area contributed by atoms with E-state index in [9.17, 15) is 0 Å². The molecule has 4 nitrogen and oxygen atoms in total. The van der Waals surface area contributed by atoms with Crippen LogP contribution < -0.4 is 5.32 Å². The van der Waals surface area contributed by atoms with E-state index in [0.29, 0.717) is 0 Å². The Bertz CT molecular complexity index is 470. The van der Waals surface area contributed by atoms with Crippen LogP contribution in [-0.2, 0) is 6.54 Å². The third kappa shape index (κ3) is 3.32. The maximum Gasteiger partial charge on any atom is 0.125 e. The molecule has 0 radical (unpaired) electrons. The topological polar surface area (TPSA) is 50.7 Å². The third-order valence-corrected chi connectivity index (χ3v) is 2.61. The van der Waals surface area contributed by atoms with Crippen LogP contribution in [0.4, 0.5) is 0 Å². The van der Waals surface area contributed by atoms with Crippen molar-refractivity contribution < 1.29 is 0 Å². The zero-order valence-corrected chi connectivity index (χ0v) is 10.1. The van der Waals surface area contributed by atoms with Crippen LogP contribution in [0.1, 0.15) is 30.0 Å². The number of pyridine rings is 1. The average Bonchev–Trinajstić information content (AvgIpc) is 2.37.